The van der Waals surface area contributed by atoms with Gasteiger partial charge in [-0.1, -0.05) is 35.9 Å². The second-order valence-electron chi connectivity index (χ2n) is 5.59. The molecule has 19 heavy (non-hydrogen) atoms. The fraction of sp³-hybridized carbons (Fsp3) is 0.444. The molecular formula is C18H26O. The van der Waals surface area contributed by atoms with Crippen molar-refractivity contribution >= 4 is 0 Å². The standard InChI is InChI=1S/C10H16.C8H10O/c1-8(2)10-6-4-9(3)5-7-10;1-6-4-3-5-8(9)7(6)2/h4,10H,1,5-7H2,2-3H3;3-5,9H,1-2H3. The Balaban J connectivity index is 0.000000191. The third kappa shape index (κ3) is 4.94. The van der Waals surface area contributed by atoms with Crippen molar-refractivity contribution in [3.8, 4) is 5.75 Å². The van der Waals surface area contributed by atoms with E-state index in [1.54, 1.807) is 11.6 Å². The highest BCUT2D eigenvalue weighted by Gasteiger charge is 2.11. The number of aryl methyl sites for hydroxylation is 1. The number of phenols is 1. The number of allylic oxidation sites excluding steroid dienone is 3. The van der Waals surface area contributed by atoms with E-state index >= 15 is 0 Å². The normalized spacial score (nSPS) is 18.1. The molecule has 0 aliphatic heterocycles. The number of hydrogen-bond acceptors (Lipinski definition) is 1. The minimum Gasteiger partial charge on any atom is -0.508 e. The number of rotatable bonds is 1. The average Bonchev–Trinajstić information content (AvgIpc) is 2.37. The summed E-state index contributed by atoms with van der Waals surface area (Å²) in [6, 6.07) is 5.52. The topological polar surface area (TPSA) is 20.2 Å². The van der Waals surface area contributed by atoms with Crippen LogP contribution in [0.2, 0.25) is 0 Å². The van der Waals surface area contributed by atoms with Crippen molar-refractivity contribution < 1.29 is 5.11 Å². The first kappa shape index (κ1) is 15.6. The van der Waals surface area contributed by atoms with Gasteiger partial charge < -0.3 is 5.11 Å². The maximum Gasteiger partial charge on any atom is 0.118 e. The molecule has 0 radical (unpaired) electrons. The van der Waals surface area contributed by atoms with Crippen LogP contribution in [0.25, 0.3) is 0 Å². The summed E-state index contributed by atoms with van der Waals surface area (Å²) in [5.41, 5.74) is 5.01. The molecule has 1 aliphatic rings. The minimum absolute atomic E-state index is 0.384. The first-order valence-corrected chi connectivity index (χ1v) is 6.98. The minimum atomic E-state index is 0.384. The van der Waals surface area contributed by atoms with Crippen molar-refractivity contribution in [2.45, 2.75) is 47.0 Å². The molecule has 2 rings (SSSR count). The van der Waals surface area contributed by atoms with Crippen LogP contribution in [0.5, 0.6) is 5.75 Å². The molecule has 0 spiro atoms. The lowest BCUT2D eigenvalue weighted by atomic mass is 9.86. The Morgan fingerprint density at radius 1 is 1.26 bits per heavy atom. The van der Waals surface area contributed by atoms with Gasteiger partial charge in [-0.3, -0.25) is 0 Å². The highest BCUT2D eigenvalue weighted by atomic mass is 16.3. The van der Waals surface area contributed by atoms with Gasteiger partial charge in [0.1, 0.15) is 5.75 Å². The Morgan fingerprint density at radius 3 is 2.37 bits per heavy atom. The molecule has 0 bridgehead atoms. The average molecular weight is 258 g/mol. The number of phenolic OH excluding ortho intramolecular Hbond substituents is 1. The van der Waals surface area contributed by atoms with Crippen LogP contribution in [0.4, 0.5) is 0 Å². The van der Waals surface area contributed by atoms with E-state index < -0.39 is 0 Å². The maximum atomic E-state index is 9.10. The zero-order valence-corrected chi connectivity index (χ0v) is 12.7. The molecule has 1 aromatic rings. The highest BCUT2D eigenvalue weighted by Crippen LogP contribution is 2.27. The molecule has 1 aliphatic carbocycles. The summed E-state index contributed by atoms with van der Waals surface area (Å²) < 4.78 is 0. The fourth-order valence-corrected chi connectivity index (χ4v) is 2.15. The van der Waals surface area contributed by atoms with Crippen molar-refractivity contribution in [2.24, 2.45) is 5.92 Å². The summed E-state index contributed by atoms with van der Waals surface area (Å²) in [6.07, 6.45) is 6.17. The van der Waals surface area contributed by atoms with Gasteiger partial charge in [-0.05, 0) is 70.1 Å². The molecule has 0 amide bonds. The number of hydrogen-bond donors (Lipinski definition) is 1. The van der Waals surface area contributed by atoms with Gasteiger partial charge in [-0.15, -0.1) is 0 Å². The van der Waals surface area contributed by atoms with Crippen LogP contribution < -0.4 is 0 Å². The molecule has 1 N–H and O–H groups in total. The number of benzene rings is 1. The zero-order valence-electron chi connectivity index (χ0n) is 12.7. The molecule has 0 fully saturated rings. The largest absolute Gasteiger partial charge is 0.508 e. The summed E-state index contributed by atoms with van der Waals surface area (Å²) in [4.78, 5) is 0. The van der Waals surface area contributed by atoms with Gasteiger partial charge in [-0.2, -0.15) is 0 Å². The zero-order chi connectivity index (χ0) is 14.4. The Bertz CT molecular complexity index is 448. The Morgan fingerprint density at radius 2 is 1.95 bits per heavy atom. The molecule has 0 heterocycles. The first-order chi connectivity index (χ1) is 8.91. The number of aromatic hydroxyl groups is 1. The van der Waals surface area contributed by atoms with E-state index in [2.05, 4.69) is 26.5 Å². The smallest absolute Gasteiger partial charge is 0.118 e. The van der Waals surface area contributed by atoms with Gasteiger partial charge in [0.2, 0.25) is 0 Å². The second kappa shape index (κ2) is 7.18. The summed E-state index contributed by atoms with van der Waals surface area (Å²) in [5, 5.41) is 9.10. The van der Waals surface area contributed by atoms with E-state index in [1.165, 1.54) is 24.8 Å². The monoisotopic (exact) mass is 258 g/mol. The molecule has 1 heteroatoms. The molecule has 0 saturated heterocycles. The third-order valence-electron chi connectivity index (χ3n) is 3.91. The van der Waals surface area contributed by atoms with Crippen LogP contribution >= 0.6 is 0 Å². The van der Waals surface area contributed by atoms with Crippen molar-refractivity contribution in [2.75, 3.05) is 0 Å². The van der Waals surface area contributed by atoms with Gasteiger partial charge in [0, 0.05) is 0 Å². The summed E-state index contributed by atoms with van der Waals surface area (Å²) in [6.45, 7) is 12.2. The van der Waals surface area contributed by atoms with E-state index in [9.17, 15) is 0 Å². The first-order valence-electron chi connectivity index (χ1n) is 6.98. The van der Waals surface area contributed by atoms with E-state index in [4.69, 9.17) is 5.11 Å². The van der Waals surface area contributed by atoms with Crippen LogP contribution in [0.1, 0.15) is 44.2 Å². The van der Waals surface area contributed by atoms with Crippen LogP contribution in [-0.2, 0) is 0 Å². The fourth-order valence-electron chi connectivity index (χ4n) is 2.15. The van der Waals surface area contributed by atoms with E-state index in [1.807, 2.05) is 26.0 Å². The van der Waals surface area contributed by atoms with Crippen molar-refractivity contribution in [1.29, 1.82) is 0 Å². The van der Waals surface area contributed by atoms with Gasteiger partial charge in [0.15, 0.2) is 0 Å². The third-order valence-corrected chi connectivity index (χ3v) is 3.91. The summed E-state index contributed by atoms with van der Waals surface area (Å²) in [5.74, 6) is 1.15. The second-order valence-corrected chi connectivity index (χ2v) is 5.59. The molecular weight excluding hydrogens is 232 g/mol. The predicted molar refractivity (Wildman–Crippen MR) is 83.5 cm³/mol. The van der Waals surface area contributed by atoms with Gasteiger partial charge >= 0.3 is 0 Å². The van der Waals surface area contributed by atoms with Crippen LogP contribution in [-0.4, -0.2) is 5.11 Å². The molecule has 104 valence electrons. The van der Waals surface area contributed by atoms with Gasteiger partial charge in [0.05, 0.1) is 0 Å². The Hall–Kier alpha value is -1.50. The van der Waals surface area contributed by atoms with Crippen LogP contribution in [0, 0.1) is 19.8 Å². The quantitative estimate of drug-likeness (QED) is 0.676. The van der Waals surface area contributed by atoms with Crippen molar-refractivity contribution in [1.82, 2.24) is 0 Å². The van der Waals surface area contributed by atoms with E-state index in [0.29, 0.717) is 5.75 Å². The lowest BCUT2D eigenvalue weighted by Gasteiger charge is -2.19. The summed E-state index contributed by atoms with van der Waals surface area (Å²) in [7, 11) is 0. The molecule has 1 unspecified atom stereocenters. The van der Waals surface area contributed by atoms with Gasteiger partial charge in [0.25, 0.3) is 0 Å². The summed E-state index contributed by atoms with van der Waals surface area (Å²) >= 11 is 0. The maximum absolute atomic E-state index is 9.10. The highest BCUT2D eigenvalue weighted by molar-refractivity contribution is 5.36. The Labute approximate surface area is 117 Å². The van der Waals surface area contributed by atoms with Crippen LogP contribution in [0.3, 0.4) is 0 Å². The van der Waals surface area contributed by atoms with E-state index in [0.717, 1.165) is 17.0 Å². The molecule has 1 nitrogen and oxygen atoms in total. The molecule has 1 atom stereocenters. The van der Waals surface area contributed by atoms with Crippen molar-refractivity contribution in [3.63, 3.8) is 0 Å². The molecule has 0 aromatic heterocycles. The lowest BCUT2D eigenvalue weighted by Crippen LogP contribution is -2.04. The SMILES string of the molecule is C=C(C)C1CC=C(C)CC1.Cc1cccc(O)c1C. The predicted octanol–water partition coefficient (Wildman–Crippen LogP) is 5.32. The van der Waals surface area contributed by atoms with Gasteiger partial charge in [-0.25, -0.2) is 0 Å². The van der Waals surface area contributed by atoms with E-state index in [-0.39, 0.29) is 0 Å². The van der Waals surface area contributed by atoms with Crippen molar-refractivity contribution in [3.05, 3.63) is 53.1 Å². The Kier molecular flexibility index (Phi) is 5.88. The molecule has 0 saturated carbocycles. The van der Waals surface area contributed by atoms with Crippen LogP contribution in [0.15, 0.2) is 42.0 Å². The molecule has 1 aromatic carbocycles. The lowest BCUT2D eigenvalue weighted by molar-refractivity contribution is 0.470.